The van der Waals surface area contributed by atoms with Crippen molar-refractivity contribution in [1.29, 1.82) is 0 Å². The number of rotatable bonds is 6. The Balaban J connectivity index is 1.28. The predicted octanol–water partition coefficient (Wildman–Crippen LogP) is 4.99. The van der Waals surface area contributed by atoms with Crippen molar-refractivity contribution in [1.82, 2.24) is 29.6 Å². The summed E-state index contributed by atoms with van der Waals surface area (Å²) < 4.78 is 6.71. The molecule has 0 bridgehead atoms. The van der Waals surface area contributed by atoms with E-state index in [0.717, 1.165) is 37.3 Å². The number of piperazine rings is 1. The van der Waals surface area contributed by atoms with Gasteiger partial charge in [-0.2, -0.15) is 9.97 Å². The summed E-state index contributed by atoms with van der Waals surface area (Å²) in [6.45, 7) is 8.23. The van der Waals surface area contributed by atoms with Crippen molar-refractivity contribution in [3.05, 3.63) is 76.0 Å². The van der Waals surface area contributed by atoms with Gasteiger partial charge in [0.25, 0.3) is 5.56 Å². The minimum absolute atomic E-state index is 0.179. The maximum absolute atomic E-state index is 13.6. The molecule has 0 unspecified atom stereocenters. The van der Waals surface area contributed by atoms with E-state index < -0.39 is 0 Å². The van der Waals surface area contributed by atoms with Gasteiger partial charge in [0, 0.05) is 84.3 Å². The molecule has 0 aliphatic carbocycles. The van der Waals surface area contributed by atoms with Crippen molar-refractivity contribution in [2.45, 2.75) is 20.4 Å². The first-order valence-corrected chi connectivity index (χ1v) is 13.6. The Labute approximate surface area is 236 Å². The molecule has 6 rings (SSSR count). The molecular formula is C29H29ClN8O2. The van der Waals surface area contributed by atoms with Crippen LogP contribution >= 0.6 is 11.6 Å². The van der Waals surface area contributed by atoms with E-state index in [0.29, 0.717) is 51.6 Å². The lowest BCUT2D eigenvalue weighted by molar-refractivity contribution is 0.313. The molecule has 11 heteroatoms. The average molecular weight is 557 g/mol. The molecule has 0 spiro atoms. The van der Waals surface area contributed by atoms with Gasteiger partial charge in [0.15, 0.2) is 0 Å². The first-order chi connectivity index (χ1) is 19.4. The quantitative estimate of drug-likeness (QED) is 0.310. The normalized spacial score (nSPS) is 14.2. The molecule has 0 amide bonds. The molecular weight excluding hydrogens is 528 g/mol. The Morgan fingerprint density at radius 2 is 1.77 bits per heavy atom. The summed E-state index contributed by atoms with van der Waals surface area (Å²) in [7, 11) is 2.15. The maximum Gasteiger partial charge on any atom is 0.260 e. The second-order valence-electron chi connectivity index (χ2n) is 9.87. The van der Waals surface area contributed by atoms with E-state index in [4.69, 9.17) is 21.1 Å². The van der Waals surface area contributed by atoms with Crippen LogP contribution in [0.3, 0.4) is 0 Å². The summed E-state index contributed by atoms with van der Waals surface area (Å²) in [4.78, 5) is 31.8. The molecule has 1 N–H and O–H groups in total. The van der Waals surface area contributed by atoms with Crippen LogP contribution in [0.2, 0.25) is 5.02 Å². The number of anilines is 3. The fourth-order valence-electron chi connectivity index (χ4n) is 4.94. The van der Waals surface area contributed by atoms with Gasteiger partial charge in [0.1, 0.15) is 5.65 Å². The number of halogens is 1. The molecule has 0 atom stereocenters. The van der Waals surface area contributed by atoms with Gasteiger partial charge in [0.2, 0.25) is 17.7 Å². The van der Waals surface area contributed by atoms with Gasteiger partial charge in [-0.1, -0.05) is 28.9 Å². The largest absolute Gasteiger partial charge is 0.369 e. The second kappa shape index (κ2) is 10.7. The van der Waals surface area contributed by atoms with Gasteiger partial charge in [-0.25, -0.2) is 4.98 Å². The lowest BCUT2D eigenvalue weighted by Crippen LogP contribution is -2.44. The zero-order chi connectivity index (χ0) is 27.8. The number of benzene rings is 2. The van der Waals surface area contributed by atoms with E-state index in [1.807, 2.05) is 25.1 Å². The van der Waals surface area contributed by atoms with Crippen molar-refractivity contribution < 1.29 is 4.52 Å². The summed E-state index contributed by atoms with van der Waals surface area (Å²) in [5.74, 6) is 1.33. The third kappa shape index (κ3) is 5.03. The summed E-state index contributed by atoms with van der Waals surface area (Å²) in [6, 6.07) is 15.4. The zero-order valence-corrected chi connectivity index (χ0v) is 23.3. The number of likely N-dealkylation sites (N-methyl/N-ethyl adjacent to an activating group) is 1. The SMILES string of the molecule is CCn1c(=O)c(-c2ccc(-c3noc(C)n3)cc2Cl)cc2cnc(Nc3ccc(N4CCN(C)CC4)cc3)nc21. The van der Waals surface area contributed by atoms with Crippen LogP contribution in [0.5, 0.6) is 0 Å². The van der Waals surface area contributed by atoms with E-state index in [-0.39, 0.29) is 5.56 Å². The second-order valence-corrected chi connectivity index (χ2v) is 10.3. The van der Waals surface area contributed by atoms with Crippen LogP contribution in [-0.4, -0.2) is 62.8 Å². The molecule has 0 radical (unpaired) electrons. The lowest BCUT2D eigenvalue weighted by atomic mass is 10.0. The highest BCUT2D eigenvalue weighted by Crippen LogP contribution is 2.31. The minimum atomic E-state index is -0.179. The van der Waals surface area contributed by atoms with Crippen molar-refractivity contribution >= 4 is 40.0 Å². The first-order valence-electron chi connectivity index (χ1n) is 13.2. The van der Waals surface area contributed by atoms with E-state index >= 15 is 0 Å². The molecule has 4 heterocycles. The number of hydrogen-bond acceptors (Lipinski definition) is 9. The lowest BCUT2D eigenvalue weighted by Gasteiger charge is -2.34. The summed E-state index contributed by atoms with van der Waals surface area (Å²) in [6.07, 6.45) is 1.72. The van der Waals surface area contributed by atoms with E-state index in [9.17, 15) is 4.79 Å². The Morgan fingerprint density at radius 3 is 2.45 bits per heavy atom. The third-order valence-corrected chi connectivity index (χ3v) is 7.49. The van der Waals surface area contributed by atoms with Gasteiger partial charge in [-0.15, -0.1) is 0 Å². The van der Waals surface area contributed by atoms with Crippen LogP contribution < -0.4 is 15.8 Å². The smallest absolute Gasteiger partial charge is 0.260 e. The van der Waals surface area contributed by atoms with Crippen LogP contribution in [0, 0.1) is 6.92 Å². The molecule has 1 saturated heterocycles. The molecule has 10 nitrogen and oxygen atoms in total. The van der Waals surface area contributed by atoms with Crippen LogP contribution in [0.15, 0.2) is 64.0 Å². The number of nitrogens with zero attached hydrogens (tertiary/aromatic N) is 7. The van der Waals surface area contributed by atoms with E-state index in [1.54, 1.807) is 35.9 Å². The highest BCUT2D eigenvalue weighted by molar-refractivity contribution is 6.33. The average Bonchev–Trinajstić information content (AvgIpc) is 3.40. The standard InChI is InChI=1S/C29H29ClN8O2/c1-4-38-27-20(15-24(28(38)39)23-10-5-19(16-25(23)30)26-32-18(2)40-35-26)17-31-29(34-27)33-21-6-8-22(9-7-21)37-13-11-36(3)12-14-37/h5-10,15-17H,4,11-14H2,1-3H3,(H,31,33,34). The fraction of sp³-hybridized carbons (Fsp3) is 0.276. The van der Waals surface area contributed by atoms with Crippen molar-refractivity contribution in [3.8, 4) is 22.5 Å². The molecule has 1 aliphatic heterocycles. The highest BCUT2D eigenvalue weighted by Gasteiger charge is 2.17. The molecule has 1 aliphatic rings. The summed E-state index contributed by atoms with van der Waals surface area (Å²) >= 11 is 6.64. The van der Waals surface area contributed by atoms with Crippen LogP contribution in [0.1, 0.15) is 12.8 Å². The van der Waals surface area contributed by atoms with Gasteiger partial charge in [-0.3, -0.25) is 9.36 Å². The van der Waals surface area contributed by atoms with Crippen LogP contribution in [-0.2, 0) is 6.54 Å². The topological polar surface area (TPSA) is 105 Å². The number of aromatic nitrogens is 5. The minimum Gasteiger partial charge on any atom is -0.369 e. The van der Waals surface area contributed by atoms with Gasteiger partial charge in [-0.05, 0) is 50.4 Å². The Hall–Kier alpha value is -4.28. The third-order valence-electron chi connectivity index (χ3n) is 7.18. The highest BCUT2D eigenvalue weighted by atomic mass is 35.5. The van der Waals surface area contributed by atoms with Gasteiger partial charge >= 0.3 is 0 Å². The monoisotopic (exact) mass is 556 g/mol. The first kappa shape index (κ1) is 26.0. The maximum atomic E-state index is 13.6. The fourth-order valence-corrected chi connectivity index (χ4v) is 5.23. The zero-order valence-electron chi connectivity index (χ0n) is 22.6. The number of hydrogen-bond donors (Lipinski definition) is 1. The predicted molar refractivity (Wildman–Crippen MR) is 157 cm³/mol. The van der Waals surface area contributed by atoms with E-state index in [2.05, 4.69) is 49.4 Å². The molecule has 40 heavy (non-hydrogen) atoms. The summed E-state index contributed by atoms with van der Waals surface area (Å²) in [5.41, 5.74) is 4.24. The van der Waals surface area contributed by atoms with Crippen LogP contribution in [0.4, 0.5) is 17.3 Å². The number of fused-ring (bicyclic) bond motifs is 1. The molecule has 0 saturated carbocycles. The van der Waals surface area contributed by atoms with Gasteiger partial charge < -0.3 is 19.6 Å². The number of pyridine rings is 1. The number of aryl methyl sites for hydroxylation is 2. The van der Waals surface area contributed by atoms with E-state index in [1.165, 1.54) is 5.69 Å². The summed E-state index contributed by atoms with van der Waals surface area (Å²) in [5, 5.41) is 8.38. The Bertz CT molecular complexity index is 1740. The van der Waals surface area contributed by atoms with Crippen LogP contribution in [0.25, 0.3) is 33.5 Å². The molecule has 5 aromatic rings. The number of nitrogens with one attached hydrogen (secondary N) is 1. The van der Waals surface area contributed by atoms with Crippen molar-refractivity contribution in [2.75, 3.05) is 43.4 Å². The molecule has 3 aromatic heterocycles. The molecule has 2 aromatic carbocycles. The molecule has 1 fully saturated rings. The van der Waals surface area contributed by atoms with Crippen molar-refractivity contribution in [2.24, 2.45) is 0 Å². The van der Waals surface area contributed by atoms with Crippen molar-refractivity contribution in [3.63, 3.8) is 0 Å². The van der Waals surface area contributed by atoms with Gasteiger partial charge in [0.05, 0.1) is 0 Å². The molecule has 204 valence electrons. The Morgan fingerprint density at radius 1 is 1.00 bits per heavy atom. The Kier molecular flexibility index (Phi) is 6.95.